The van der Waals surface area contributed by atoms with Crippen molar-refractivity contribution < 1.29 is 9.47 Å². The van der Waals surface area contributed by atoms with E-state index in [2.05, 4.69) is 0 Å². The van der Waals surface area contributed by atoms with E-state index in [1.807, 2.05) is 42.5 Å². The number of hydrogen-bond acceptors (Lipinski definition) is 3. The largest absolute Gasteiger partial charge is 0.496 e. The van der Waals surface area contributed by atoms with Crippen molar-refractivity contribution in [3.63, 3.8) is 0 Å². The zero-order valence-electron chi connectivity index (χ0n) is 10.6. The van der Waals surface area contributed by atoms with E-state index in [0.717, 1.165) is 28.3 Å². The third-order valence-corrected chi connectivity index (χ3v) is 2.95. The van der Waals surface area contributed by atoms with Crippen LogP contribution in [0.25, 0.3) is 0 Å². The smallest absolute Gasteiger partial charge is 0.124 e. The standard InChI is InChI=1S/C15H17NO2/c1-17-14-8-4-3-6-11(14)10-12-13(16)7-5-9-15(12)18-2/h3-9H,10,16H2,1-2H3. The Hall–Kier alpha value is -2.16. The third-order valence-electron chi connectivity index (χ3n) is 2.95. The van der Waals surface area contributed by atoms with Gasteiger partial charge in [0.1, 0.15) is 11.5 Å². The van der Waals surface area contributed by atoms with Crippen molar-refractivity contribution in [2.24, 2.45) is 0 Å². The van der Waals surface area contributed by atoms with Crippen LogP contribution in [0, 0.1) is 0 Å². The van der Waals surface area contributed by atoms with Crippen molar-refractivity contribution in [2.45, 2.75) is 6.42 Å². The molecule has 2 aromatic rings. The fourth-order valence-corrected chi connectivity index (χ4v) is 2.00. The molecule has 0 unspecified atom stereocenters. The van der Waals surface area contributed by atoms with Crippen LogP contribution < -0.4 is 15.2 Å². The molecule has 0 saturated carbocycles. The highest BCUT2D eigenvalue weighted by molar-refractivity contribution is 5.57. The van der Waals surface area contributed by atoms with E-state index in [9.17, 15) is 0 Å². The fourth-order valence-electron chi connectivity index (χ4n) is 2.00. The average Bonchev–Trinajstić information content (AvgIpc) is 2.41. The van der Waals surface area contributed by atoms with Crippen LogP contribution in [-0.4, -0.2) is 14.2 Å². The Morgan fingerprint density at radius 3 is 2.28 bits per heavy atom. The van der Waals surface area contributed by atoms with Crippen molar-refractivity contribution in [1.82, 2.24) is 0 Å². The number of ether oxygens (including phenoxy) is 2. The average molecular weight is 243 g/mol. The zero-order chi connectivity index (χ0) is 13.0. The van der Waals surface area contributed by atoms with Crippen LogP contribution in [-0.2, 0) is 6.42 Å². The Labute approximate surface area is 107 Å². The number of benzene rings is 2. The molecule has 0 atom stereocenters. The lowest BCUT2D eigenvalue weighted by Crippen LogP contribution is -2.00. The van der Waals surface area contributed by atoms with E-state index in [1.165, 1.54) is 0 Å². The number of hydrogen-bond donors (Lipinski definition) is 1. The van der Waals surface area contributed by atoms with Gasteiger partial charge >= 0.3 is 0 Å². The first-order chi connectivity index (χ1) is 8.76. The van der Waals surface area contributed by atoms with Crippen molar-refractivity contribution in [3.8, 4) is 11.5 Å². The predicted octanol–water partition coefficient (Wildman–Crippen LogP) is 2.88. The van der Waals surface area contributed by atoms with Crippen LogP contribution in [0.3, 0.4) is 0 Å². The molecule has 0 saturated heterocycles. The Morgan fingerprint density at radius 1 is 0.889 bits per heavy atom. The monoisotopic (exact) mass is 243 g/mol. The highest BCUT2D eigenvalue weighted by atomic mass is 16.5. The molecule has 0 fully saturated rings. The SMILES string of the molecule is COc1ccccc1Cc1c(N)cccc1OC. The molecule has 0 aliphatic heterocycles. The predicted molar refractivity (Wildman–Crippen MR) is 73.2 cm³/mol. The number of rotatable bonds is 4. The molecule has 0 radical (unpaired) electrons. The van der Waals surface area contributed by atoms with E-state index >= 15 is 0 Å². The second-order valence-corrected chi connectivity index (χ2v) is 4.02. The second kappa shape index (κ2) is 5.45. The molecular formula is C15H17NO2. The second-order valence-electron chi connectivity index (χ2n) is 4.02. The summed E-state index contributed by atoms with van der Waals surface area (Å²) in [5.41, 5.74) is 8.84. The summed E-state index contributed by atoms with van der Waals surface area (Å²) in [7, 11) is 3.32. The topological polar surface area (TPSA) is 44.5 Å². The molecule has 18 heavy (non-hydrogen) atoms. The Morgan fingerprint density at radius 2 is 1.56 bits per heavy atom. The van der Waals surface area contributed by atoms with Crippen LogP contribution in [0.4, 0.5) is 5.69 Å². The zero-order valence-corrected chi connectivity index (χ0v) is 10.6. The van der Waals surface area contributed by atoms with E-state index in [-0.39, 0.29) is 0 Å². The van der Waals surface area contributed by atoms with Crippen molar-refractivity contribution in [2.75, 3.05) is 20.0 Å². The molecule has 2 aromatic carbocycles. The first kappa shape index (κ1) is 12.3. The molecule has 0 spiro atoms. The van der Waals surface area contributed by atoms with Crippen LogP contribution in [0.1, 0.15) is 11.1 Å². The highest BCUT2D eigenvalue weighted by Crippen LogP contribution is 2.29. The molecule has 0 aliphatic rings. The van der Waals surface area contributed by atoms with Gasteiger partial charge in [0, 0.05) is 17.7 Å². The summed E-state index contributed by atoms with van der Waals surface area (Å²) in [6.45, 7) is 0. The molecule has 2 rings (SSSR count). The first-order valence-electron chi connectivity index (χ1n) is 5.79. The van der Waals surface area contributed by atoms with E-state index in [1.54, 1.807) is 14.2 Å². The first-order valence-corrected chi connectivity index (χ1v) is 5.79. The maximum absolute atomic E-state index is 6.02. The maximum atomic E-state index is 6.02. The maximum Gasteiger partial charge on any atom is 0.124 e. The minimum absolute atomic E-state index is 0.694. The van der Waals surface area contributed by atoms with Gasteiger partial charge in [-0.05, 0) is 23.8 Å². The molecular weight excluding hydrogens is 226 g/mol. The van der Waals surface area contributed by atoms with Gasteiger partial charge in [-0.15, -0.1) is 0 Å². The van der Waals surface area contributed by atoms with Crippen LogP contribution in [0.15, 0.2) is 42.5 Å². The van der Waals surface area contributed by atoms with Gasteiger partial charge in [0.05, 0.1) is 14.2 Å². The lowest BCUT2D eigenvalue weighted by atomic mass is 10.0. The van der Waals surface area contributed by atoms with Crippen molar-refractivity contribution >= 4 is 5.69 Å². The third kappa shape index (κ3) is 2.40. The minimum atomic E-state index is 0.694. The molecule has 3 heteroatoms. The Bertz CT molecular complexity index is 538. The van der Waals surface area contributed by atoms with Crippen LogP contribution in [0.2, 0.25) is 0 Å². The van der Waals surface area contributed by atoms with Gasteiger partial charge in [-0.3, -0.25) is 0 Å². The van der Waals surface area contributed by atoms with Crippen LogP contribution >= 0.6 is 0 Å². The van der Waals surface area contributed by atoms with E-state index < -0.39 is 0 Å². The minimum Gasteiger partial charge on any atom is -0.496 e. The lowest BCUT2D eigenvalue weighted by Gasteiger charge is -2.13. The summed E-state index contributed by atoms with van der Waals surface area (Å²) in [5.74, 6) is 1.67. The molecule has 3 nitrogen and oxygen atoms in total. The van der Waals surface area contributed by atoms with Gasteiger partial charge in [-0.1, -0.05) is 24.3 Å². The summed E-state index contributed by atoms with van der Waals surface area (Å²) < 4.78 is 10.7. The summed E-state index contributed by atoms with van der Waals surface area (Å²) in [6.07, 6.45) is 0.694. The van der Waals surface area contributed by atoms with Crippen LogP contribution in [0.5, 0.6) is 11.5 Å². The van der Waals surface area contributed by atoms with Gasteiger partial charge in [0.2, 0.25) is 0 Å². The fraction of sp³-hybridized carbons (Fsp3) is 0.200. The number of nitrogens with two attached hydrogens (primary N) is 1. The molecule has 0 heterocycles. The molecule has 94 valence electrons. The summed E-state index contributed by atoms with van der Waals surface area (Å²) >= 11 is 0. The number of para-hydroxylation sites is 1. The lowest BCUT2D eigenvalue weighted by molar-refractivity contribution is 0.405. The summed E-state index contributed by atoms with van der Waals surface area (Å²) in [5, 5.41) is 0. The molecule has 0 aromatic heterocycles. The Balaban J connectivity index is 2.39. The van der Waals surface area contributed by atoms with Gasteiger partial charge in [-0.25, -0.2) is 0 Å². The molecule has 0 bridgehead atoms. The number of nitrogen functional groups attached to an aromatic ring is 1. The highest BCUT2D eigenvalue weighted by Gasteiger charge is 2.10. The van der Waals surface area contributed by atoms with Gasteiger partial charge < -0.3 is 15.2 Å². The van der Waals surface area contributed by atoms with Gasteiger partial charge in [-0.2, -0.15) is 0 Å². The number of anilines is 1. The summed E-state index contributed by atoms with van der Waals surface area (Å²) in [4.78, 5) is 0. The number of methoxy groups -OCH3 is 2. The van der Waals surface area contributed by atoms with Gasteiger partial charge in [0.15, 0.2) is 0 Å². The van der Waals surface area contributed by atoms with Gasteiger partial charge in [0.25, 0.3) is 0 Å². The van der Waals surface area contributed by atoms with Crippen molar-refractivity contribution in [3.05, 3.63) is 53.6 Å². The van der Waals surface area contributed by atoms with E-state index in [0.29, 0.717) is 6.42 Å². The molecule has 2 N–H and O–H groups in total. The molecule has 0 amide bonds. The van der Waals surface area contributed by atoms with E-state index in [4.69, 9.17) is 15.2 Å². The summed E-state index contributed by atoms with van der Waals surface area (Å²) in [6, 6.07) is 13.6. The quantitative estimate of drug-likeness (QED) is 0.840. The van der Waals surface area contributed by atoms with Crippen molar-refractivity contribution in [1.29, 1.82) is 0 Å². The Kier molecular flexibility index (Phi) is 3.72. The normalized spacial score (nSPS) is 10.1. The molecule has 0 aliphatic carbocycles.